The molecule has 1 aromatic rings. The number of rotatable bonds is 2. The largest absolute Gasteiger partial charge is 0.506 e. The number of phenols is 1. The summed E-state index contributed by atoms with van der Waals surface area (Å²) in [7, 11) is 0. The van der Waals surface area contributed by atoms with Gasteiger partial charge in [0.25, 0.3) is 0 Å². The zero-order valence-electron chi connectivity index (χ0n) is 21.3. The van der Waals surface area contributed by atoms with Crippen LogP contribution in [0.1, 0.15) is 89.5 Å². The number of phenolic OH excluding ortho intramolecular Hbond substituents is 1. The van der Waals surface area contributed by atoms with E-state index in [9.17, 15) is 19.8 Å². The Morgan fingerprint density at radius 1 is 1.24 bits per heavy atom. The van der Waals surface area contributed by atoms with Gasteiger partial charge in [-0.1, -0.05) is 45.8 Å². The van der Waals surface area contributed by atoms with Gasteiger partial charge in [0.15, 0.2) is 11.4 Å². The first-order valence-corrected chi connectivity index (χ1v) is 11.9. The number of terminal acetylenes is 1. The minimum Gasteiger partial charge on any atom is -0.506 e. The van der Waals surface area contributed by atoms with Gasteiger partial charge >= 0.3 is 0 Å². The van der Waals surface area contributed by atoms with Crippen molar-refractivity contribution >= 4 is 17.1 Å². The number of benzene rings is 1. The Morgan fingerprint density at radius 3 is 2.38 bits per heavy atom. The summed E-state index contributed by atoms with van der Waals surface area (Å²) in [6.45, 7) is 17.7. The number of aromatic hydroxyl groups is 1. The van der Waals surface area contributed by atoms with E-state index in [1.165, 1.54) is 6.92 Å². The van der Waals surface area contributed by atoms with Crippen LogP contribution in [0.4, 0.5) is 0 Å². The van der Waals surface area contributed by atoms with E-state index < -0.39 is 22.2 Å². The highest BCUT2D eigenvalue weighted by Gasteiger charge is 2.64. The molecule has 4 nitrogen and oxygen atoms in total. The van der Waals surface area contributed by atoms with Crippen LogP contribution >= 0.6 is 0 Å². The number of carbonyl (C=O) groups excluding carboxylic acids is 2. The highest BCUT2D eigenvalue weighted by molar-refractivity contribution is 6.24. The summed E-state index contributed by atoms with van der Waals surface area (Å²) in [5.74, 6) is 1.95. The van der Waals surface area contributed by atoms with Gasteiger partial charge in [-0.3, -0.25) is 9.59 Å². The zero-order valence-corrected chi connectivity index (χ0v) is 21.3. The van der Waals surface area contributed by atoms with E-state index in [0.717, 1.165) is 22.3 Å². The molecule has 0 fully saturated rings. The van der Waals surface area contributed by atoms with Gasteiger partial charge in [0.2, 0.25) is 5.78 Å². The van der Waals surface area contributed by atoms with E-state index in [2.05, 4.69) is 33.3 Å². The second kappa shape index (κ2) is 7.30. The highest BCUT2D eigenvalue weighted by atomic mass is 16.3. The molecular weight excluding hydrogens is 424 g/mol. The molecule has 0 heterocycles. The van der Waals surface area contributed by atoms with Gasteiger partial charge in [-0.05, 0) is 85.3 Å². The molecule has 1 aromatic carbocycles. The maximum absolute atomic E-state index is 13.7. The van der Waals surface area contributed by atoms with E-state index in [0.29, 0.717) is 41.5 Å². The Hall–Kier alpha value is -2.90. The Labute approximate surface area is 202 Å². The minimum atomic E-state index is -1.82. The monoisotopic (exact) mass is 458 g/mol. The van der Waals surface area contributed by atoms with Crippen molar-refractivity contribution in [1.29, 1.82) is 0 Å². The van der Waals surface area contributed by atoms with Gasteiger partial charge in [0, 0.05) is 11.0 Å². The summed E-state index contributed by atoms with van der Waals surface area (Å²) in [5.41, 5.74) is 2.88. The molecule has 0 bridgehead atoms. The predicted molar refractivity (Wildman–Crippen MR) is 134 cm³/mol. The number of hydrogen-bond donors (Lipinski definition) is 2. The zero-order chi connectivity index (χ0) is 25.5. The number of hydrogen-bond acceptors (Lipinski definition) is 4. The van der Waals surface area contributed by atoms with Gasteiger partial charge in [-0.2, -0.15) is 0 Å². The van der Waals surface area contributed by atoms with Crippen LogP contribution in [-0.4, -0.2) is 27.4 Å². The maximum atomic E-state index is 13.7. The number of carbonyl (C=O) groups is 2. The molecule has 3 aliphatic carbocycles. The Morgan fingerprint density at radius 2 is 1.85 bits per heavy atom. The first-order chi connectivity index (χ1) is 15.6. The number of allylic oxidation sites excluding steroid dienone is 3. The molecule has 2 N–H and O–H groups in total. The lowest BCUT2D eigenvalue weighted by Crippen LogP contribution is -2.62. The van der Waals surface area contributed by atoms with Crippen LogP contribution in [0.5, 0.6) is 5.75 Å². The molecule has 3 aliphatic rings. The van der Waals surface area contributed by atoms with Gasteiger partial charge in [-0.15, -0.1) is 6.42 Å². The standard InChI is InChI=1S/C30H34O4/c1-10-20-11-21(15(2)3)22-13-28(8)14-29(9)12-16(4)23(19(7)31)27(33)30(29,34)18(6)25(28)17(5)24(22)26(20)32/h1,11,15,32,34H,5,12-14H2,2-4,6-9H3/t28-,29+,30-/m1/s1. The van der Waals surface area contributed by atoms with Gasteiger partial charge in [0.05, 0.1) is 11.1 Å². The van der Waals surface area contributed by atoms with Gasteiger partial charge < -0.3 is 10.2 Å². The van der Waals surface area contributed by atoms with E-state index in [4.69, 9.17) is 6.42 Å². The van der Waals surface area contributed by atoms with Crippen molar-refractivity contribution in [2.75, 3.05) is 0 Å². The van der Waals surface area contributed by atoms with Gasteiger partial charge in [-0.25, -0.2) is 0 Å². The maximum Gasteiger partial charge on any atom is 0.202 e. The Bertz CT molecular complexity index is 1300. The van der Waals surface area contributed by atoms with Crippen LogP contribution in [0.2, 0.25) is 0 Å². The van der Waals surface area contributed by atoms with Crippen LogP contribution in [0, 0.1) is 23.2 Å². The Balaban J connectivity index is 2.06. The van der Waals surface area contributed by atoms with Crippen molar-refractivity contribution < 1.29 is 19.8 Å². The molecule has 0 spiro atoms. The highest BCUT2D eigenvalue weighted by Crippen LogP contribution is 2.65. The number of fused-ring (bicyclic) bond motifs is 3. The van der Waals surface area contributed by atoms with E-state index >= 15 is 0 Å². The van der Waals surface area contributed by atoms with E-state index in [1.54, 1.807) is 6.92 Å². The second-order valence-electron chi connectivity index (χ2n) is 11.4. The summed E-state index contributed by atoms with van der Waals surface area (Å²) in [4.78, 5) is 26.1. The van der Waals surface area contributed by atoms with Crippen LogP contribution in [0.25, 0.3) is 5.57 Å². The average Bonchev–Trinajstić information content (AvgIpc) is 2.70. The fourth-order valence-corrected chi connectivity index (χ4v) is 7.44. The lowest BCUT2D eigenvalue weighted by atomic mass is 9.46. The molecule has 3 atom stereocenters. The first-order valence-electron chi connectivity index (χ1n) is 11.9. The molecular formula is C30H34O4. The molecule has 0 aliphatic heterocycles. The molecule has 0 aromatic heterocycles. The quantitative estimate of drug-likeness (QED) is 0.459. The first kappa shape index (κ1) is 24.2. The van der Waals surface area contributed by atoms with Crippen molar-refractivity contribution in [3.63, 3.8) is 0 Å². The molecule has 4 rings (SSSR count). The number of aliphatic hydroxyl groups is 1. The molecule has 0 saturated carbocycles. The molecule has 34 heavy (non-hydrogen) atoms. The van der Waals surface area contributed by atoms with Crippen molar-refractivity contribution in [3.05, 3.63) is 57.2 Å². The molecule has 0 saturated heterocycles. The van der Waals surface area contributed by atoms with Crippen molar-refractivity contribution in [3.8, 4) is 18.1 Å². The minimum absolute atomic E-state index is 0.0183. The average molecular weight is 459 g/mol. The topological polar surface area (TPSA) is 74.6 Å². The van der Waals surface area contributed by atoms with E-state index in [-0.39, 0.29) is 23.0 Å². The lowest BCUT2D eigenvalue weighted by molar-refractivity contribution is -0.150. The van der Waals surface area contributed by atoms with Crippen LogP contribution in [0.3, 0.4) is 0 Å². The molecule has 0 unspecified atom stereocenters. The second-order valence-corrected chi connectivity index (χ2v) is 11.4. The van der Waals surface area contributed by atoms with Crippen molar-refractivity contribution in [2.24, 2.45) is 10.8 Å². The molecule has 0 amide bonds. The third-order valence-corrected chi connectivity index (χ3v) is 8.55. The normalized spacial score (nSPS) is 30.7. The smallest absolute Gasteiger partial charge is 0.202 e. The van der Waals surface area contributed by atoms with Crippen LogP contribution < -0.4 is 0 Å². The molecule has 4 heteroatoms. The predicted octanol–water partition coefficient (Wildman–Crippen LogP) is 5.41. The van der Waals surface area contributed by atoms with E-state index in [1.807, 2.05) is 19.9 Å². The molecule has 178 valence electrons. The molecule has 0 radical (unpaired) electrons. The fourth-order valence-electron chi connectivity index (χ4n) is 7.44. The summed E-state index contributed by atoms with van der Waals surface area (Å²) in [6.07, 6.45) is 7.36. The summed E-state index contributed by atoms with van der Waals surface area (Å²) in [5, 5.41) is 23.2. The summed E-state index contributed by atoms with van der Waals surface area (Å²) in [6, 6.07) is 1.90. The third-order valence-electron chi connectivity index (χ3n) is 8.55. The number of ketones is 2. The van der Waals surface area contributed by atoms with Crippen LogP contribution in [-0.2, 0) is 16.0 Å². The van der Waals surface area contributed by atoms with Crippen molar-refractivity contribution in [1.82, 2.24) is 0 Å². The Kier molecular flexibility index (Phi) is 5.20. The summed E-state index contributed by atoms with van der Waals surface area (Å²) >= 11 is 0. The number of Topliss-reactive ketones (excluding diaryl/α,β-unsaturated/α-hetero) is 2. The lowest BCUT2D eigenvalue weighted by Gasteiger charge is -2.58. The van der Waals surface area contributed by atoms with Gasteiger partial charge in [0.1, 0.15) is 5.75 Å². The fraction of sp³-hybridized carbons (Fsp3) is 0.467. The van der Waals surface area contributed by atoms with Crippen molar-refractivity contribution in [2.45, 2.75) is 79.2 Å². The summed E-state index contributed by atoms with van der Waals surface area (Å²) < 4.78 is 0. The third kappa shape index (κ3) is 2.83. The van der Waals surface area contributed by atoms with Crippen LogP contribution in [0.15, 0.2) is 34.9 Å². The SMILES string of the molecule is C#Cc1cc(C(C)C)c2c(c1O)C(=C)C1=C(C)[C@@]3(O)C(=O)C(C(C)=O)=C(C)C[C@@]3(C)C[C@@]1(C)C2.